The maximum atomic E-state index is 13.6. The Morgan fingerprint density at radius 3 is 1.98 bits per heavy atom. The Morgan fingerprint density at radius 2 is 1.42 bits per heavy atom. The standard InChI is InChI=1S/C34H48O11/c1-11-15(3)27(37)43-21-13-20-22(31(20,8)9)25-32(10)29(39)33(44-28(38)16(4)12-2)14-17(5)24(41-18(6)35)23(33)26(42-19(7)36)34(21,25)30(40)45-32/h11-12,17,20-26,29-30,39-40H,13-14H2,1-10H3/b15-11+,16-12+/t17?,20-,21?,22-,23+,24?,25-,26+,29+,30+,32+,33?,34+/m0/s1. The lowest BCUT2D eigenvalue weighted by Crippen LogP contribution is -2.66. The van der Waals surface area contributed by atoms with Crippen molar-refractivity contribution >= 4 is 23.9 Å². The molecule has 5 fully saturated rings. The van der Waals surface area contributed by atoms with Crippen molar-refractivity contribution in [2.75, 3.05) is 0 Å². The molecule has 4 aliphatic carbocycles. The van der Waals surface area contributed by atoms with Crippen LogP contribution in [0.4, 0.5) is 0 Å². The number of hydrogen-bond acceptors (Lipinski definition) is 11. The van der Waals surface area contributed by atoms with Gasteiger partial charge >= 0.3 is 23.9 Å². The minimum Gasteiger partial charge on any atom is -0.462 e. The lowest BCUT2D eigenvalue weighted by Gasteiger charge is -2.52. The summed E-state index contributed by atoms with van der Waals surface area (Å²) >= 11 is 0. The molecule has 11 nitrogen and oxygen atoms in total. The number of ether oxygens (including phenoxy) is 5. The Balaban J connectivity index is 1.84. The SMILES string of the molecule is C/C=C(\C)C(=O)OC1C[C@H]2[C@@H]([C@H]3[C@@]4(C)O[C@@H](O)[C@]13[C@H](OC(C)=O)[C@H]1C(OC(C)=O)C(C)CC1(OC(=O)/C(C)=C/C)[C@@H]4O)C2(C)C. The molecule has 4 unspecified atom stereocenters. The lowest BCUT2D eigenvalue weighted by molar-refractivity contribution is -0.286. The second-order valence-electron chi connectivity index (χ2n) is 14.7. The maximum absolute atomic E-state index is 13.6. The maximum Gasteiger partial charge on any atom is 0.334 e. The first-order valence-electron chi connectivity index (χ1n) is 15.9. The van der Waals surface area contributed by atoms with E-state index in [0.29, 0.717) is 12.0 Å². The summed E-state index contributed by atoms with van der Waals surface area (Å²) in [5.74, 6) is -5.05. The number of allylic oxidation sites excluding steroid dienone is 2. The summed E-state index contributed by atoms with van der Waals surface area (Å²) in [6, 6.07) is 0. The van der Waals surface area contributed by atoms with Gasteiger partial charge in [0.25, 0.3) is 0 Å². The molecule has 5 rings (SSSR count). The van der Waals surface area contributed by atoms with Crippen molar-refractivity contribution in [1.82, 2.24) is 0 Å². The quantitative estimate of drug-likeness (QED) is 0.252. The zero-order valence-corrected chi connectivity index (χ0v) is 27.9. The van der Waals surface area contributed by atoms with Crippen LogP contribution in [0.3, 0.4) is 0 Å². The Morgan fingerprint density at radius 1 is 0.844 bits per heavy atom. The van der Waals surface area contributed by atoms with E-state index in [-0.39, 0.29) is 29.2 Å². The van der Waals surface area contributed by atoms with Crippen LogP contribution < -0.4 is 0 Å². The molecule has 13 atom stereocenters. The molecule has 11 heteroatoms. The van der Waals surface area contributed by atoms with E-state index in [1.54, 1.807) is 46.8 Å². The van der Waals surface area contributed by atoms with Gasteiger partial charge in [0.15, 0.2) is 11.9 Å². The number of aliphatic hydroxyl groups excluding tert-OH is 2. The first kappa shape index (κ1) is 33.6. The summed E-state index contributed by atoms with van der Waals surface area (Å²) in [6.07, 6.45) is -3.00. The van der Waals surface area contributed by atoms with E-state index in [4.69, 9.17) is 23.7 Å². The molecule has 0 radical (unpaired) electrons. The van der Waals surface area contributed by atoms with E-state index in [1.165, 1.54) is 13.8 Å². The molecule has 2 N–H and O–H groups in total. The van der Waals surface area contributed by atoms with Gasteiger partial charge in [-0.3, -0.25) is 9.59 Å². The summed E-state index contributed by atoms with van der Waals surface area (Å²) in [4.78, 5) is 52.7. The highest BCUT2D eigenvalue weighted by Crippen LogP contribution is 2.79. The van der Waals surface area contributed by atoms with Crippen LogP contribution in [-0.2, 0) is 42.9 Å². The number of fused-ring (bicyclic) bond motifs is 2. The average molecular weight is 633 g/mol. The van der Waals surface area contributed by atoms with Crippen molar-refractivity contribution in [3.8, 4) is 0 Å². The summed E-state index contributed by atoms with van der Waals surface area (Å²) in [7, 11) is 0. The number of hydrogen-bond donors (Lipinski definition) is 2. The molecule has 0 aromatic carbocycles. The molecule has 2 bridgehead atoms. The van der Waals surface area contributed by atoms with Gasteiger partial charge in [-0.2, -0.15) is 0 Å². The largest absolute Gasteiger partial charge is 0.462 e. The molecule has 1 saturated heterocycles. The van der Waals surface area contributed by atoms with Crippen molar-refractivity contribution in [2.45, 2.75) is 124 Å². The second-order valence-corrected chi connectivity index (χ2v) is 14.7. The predicted octanol–water partition coefficient (Wildman–Crippen LogP) is 3.39. The average Bonchev–Trinajstić information content (AvgIpc) is 3.26. The fourth-order valence-corrected chi connectivity index (χ4v) is 9.83. The van der Waals surface area contributed by atoms with E-state index in [1.807, 2.05) is 6.92 Å². The second kappa shape index (κ2) is 10.9. The number of carbonyl (C=O) groups is 4. The molecule has 0 amide bonds. The van der Waals surface area contributed by atoms with Gasteiger partial charge in [-0.25, -0.2) is 9.59 Å². The third-order valence-corrected chi connectivity index (χ3v) is 12.1. The van der Waals surface area contributed by atoms with Crippen LogP contribution in [0.15, 0.2) is 23.3 Å². The molecule has 5 aliphatic rings. The Bertz CT molecular complexity index is 1350. The van der Waals surface area contributed by atoms with Crippen molar-refractivity contribution in [3.05, 3.63) is 23.3 Å². The van der Waals surface area contributed by atoms with E-state index >= 15 is 0 Å². The van der Waals surface area contributed by atoms with Crippen molar-refractivity contribution in [2.24, 2.45) is 40.4 Å². The van der Waals surface area contributed by atoms with E-state index < -0.39 is 89.0 Å². The zero-order valence-electron chi connectivity index (χ0n) is 27.9. The number of esters is 4. The first-order chi connectivity index (χ1) is 20.9. The minimum atomic E-state index is -1.78. The molecule has 0 aromatic rings. The van der Waals surface area contributed by atoms with Gasteiger partial charge in [-0.15, -0.1) is 0 Å². The number of carbonyl (C=O) groups excluding carboxylic acids is 4. The molecule has 4 saturated carbocycles. The molecule has 1 heterocycles. The molecule has 0 spiro atoms. The highest BCUT2D eigenvalue weighted by Gasteiger charge is 2.88. The fourth-order valence-electron chi connectivity index (χ4n) is 9.83. The highest BCUT2D eigenvalue weighted by atomic mass is 16.7. The van der Waals surface area contributed by atoms with Crippen molar-refractivity contribution < 1.29 is 53.1 Å². The number of rotatable bonds is 6. The van der Waals surface area contributed by atoms with Gasteiger partial charge in [-0.1, -0.05) is 32.9 Å². The molecular formula is C34H48O11. The fraction of sp³-hybridized carbons (Fsp3) is 0.765. The monoisotopic (exact) mass is 632 g/mol. The molecule has 45 heavy (non-hydrogen) atoms. The van der Waals surface area contributed by atoms with Crippen LogP contribution in [-0.4, -0.2) is 76.0 Å². The van der Waals surface area contributed by atoms with Gasteiger partial charge in [-0.05, 0) is 70.6 Å². The van der Waals surface area contributed by atoms with Crippen molar-refractivity contribution in [3.63, 3.8) is 0 Å². The van der Waals surface area contributed by atoms with Crippen LogP contribution in [0.1, 0.15) is 82.1 Å². The zero-order chi connectivity index (χ0) is 33.6. The Hall–Kier alpha value is -2.76. The summed E-state index contributed by atoms with van der Waals surface area (Å²) in [5, 5.41) is 24.9. The first-order valence-corrected chi connectivity index (χ1v) is 15.9. The van der Waals surface area contributed by atoms with Gasteiger partial charge in [0, 0.05) is 30.9 Å². The topological polar surface area (TPSA) is 155 Å². The smallest absolute Gasteiger partial charge is 0.334 e. The normalized spacial score (nSPS) is 46.1. The molecule has 250 valence electrons. The molecule has 1 aliphatic heterocycles. The van der Waals surface area contributed by atoms with Crippen LogP contribution >= 0.6 is 0 Å². The third-order valence-electron chi connectivity index (χ3n) is 12.1. The van der Waals surface area contributed by atoms with Crippen molar-refractivity contribution in [1.29, 1.82) is 0 Å². The summed E-state index contributed by atoms with van der Waals surface area (Å²) in [6.45, 7) is 16.8. The van der Waals surface area contributed by atoms with E-state index in [2.05, 4.69) is 13.8 Å². The molecule has 0 aromatic heterocycles. The summed E-state index contributed by atoms with van der Waals surface area (Å²) < 4.78 is 31.2. The van der Waals surface area contributed by atoms with Crippen LogP contribution in [0.5, 0.6) is 0 Å². The Kier molecular flexibility index (Phi) is 8.14. The predicted molar refractivity (Wildman–Crippen MR) is 159 cm³/mol. The molecular weight excluding hydrogens is 584 g/mol. The Labute approximate surface area is 264 Å². The summed E-state index contributed by atoms with van der Waals surface area (Å²) in [5.41, 5.74) is -4.62. The van der Waals surface area contributed by atoms with Gasteiger partial charge in [0.1, 0.15) is 35.4 Å². The van der Waals surface area contributed by atoms with E-state index in [0.717, 1.165) is 0 Å². The van der Waals surface area contributed by atoms with Gasteiger partial charge < -0.3 is 33.9 Å². The van der Waals surface area contributed by atoms with Crippen LogP contribution in [0.2, 0.25) is 0 Å². The lowest BCUT2D eigenvalue weighted by atomic mass is 9.56. The van der Waals surface area contributed by atoms with Crippen LogP contribution in [0.25, 0.3) is 0 Å². The minimum absolute atomic E-state index is 0.0302. The third kappa shape index (κ3) is 4.54. The number of aliphatic hydroxyl groups is 2. The van der Waals surface area contributed by atoms with Crippen LogP contribution in [0, 0.1) is 40.4 Å². The van der Waals surface area contributed by atoms with E-state index in [9.17, 15) is 29.4 Å². The van der Waals surface area contributed by atoms with Gasteiger partial charge in [0.05, 0.1) is 5.92 Å². The highest BCUT2D eigenvalue weighted by molar-refractivity contribution is 5.88. The van der Waals surface area contributed by atoms with Gasteiger partial charge in [0.2, 0.25) is 0 Å².